The van der Waals surface area contributed by atoms with E-state index in [1.807, 2.05) is 0 Å². The number of fused-ring (bicyclic) bond motifs is 5. The fourth-order valence-electron chi connectivity index (χ4n) is 4.67. The minimum absolute atomic E-state index is 0.914. The maximum Gasteiger partial charge on any atom is 0.277 e. The number of nitrogens with zero attached hydrogens (tertiary/aromatic N) is 4. The van der Waals surface area contributed by atoms with Crippen molar-refractivity contribution in [1.29, 1.82) is 0 Å². The Kier molecular flexibility index (Phi) is 4.90. The van der Waals surface area contributed by atoms with Crippen LogP contribution in [0.3, 0.4) is 0 Å². The molecule has 0 saturated carbocycles. The highest BCUT2D eigenvalue weighted by Crippen LogP contribution is 2.37. The molecule has 0 aromatic carbocycles. The van der Waals surface area contributed by atoms with Crippen LogP contribution in [-0.2, 0) is 7.05 Å². The molecule has 2 N–H and O–H groups in total. The Labute approximate surface area is 216 Å². The Morgan fingerprint density at radius 1 is 0.944 bits per heavy atom. The topological polar surface area (TPSA) is 61.6 Å². The van der Waals surface area contributed by atoms with E-state index < -0.39 is 0 Å². The molecular formula is C28H22N6S2+2. The predicted molar refractivity (Wildman–Crippen MR) is 149 cm³/mol. The zero-order chi connectivity index (χ0) is 24.2. The van der Waals surface area contributed by atoms with E-state index in [1.165, 1.54) is 0 Å². The van der Waals surface area contributed by atoms with Crippen LogP contribution in [0.4, 0.5) is 0 Å². The standard InChI is InChI=1S/C28H21N6S2/c1-33-11-13-35-27(33)25-21-7-3-17(29-21)15-19-5-9-23(31-19)26(28-34(2)12-14-36-28)24-10-6-20(32-24)16-18-4-8-22(25)30-18/h3-16,29H,1-2H3/q+1/p+1. The van der Waals surface area contributed by atoms with E-state index in [-0.39, 0.29) is 0 Å². The molecule has 0 radical (unpaired) electrons. The zero-order valence-corrected chi connectivity index (χ0v) is 21.3. The smallest absolute Gasteiger partial charge is 0.277 e. The molecule has 2 aromatic rings. The molecule has 0 atom stereocenters. The van der Waals surface area contributed by atoms with Crippen LogP contribution in [0.15, 0.2) is 110 Å². The van der Waals surface area contributed by atoms with Crippen molar-refractivity contribution in [3.8, 4) is 0 Å². The van der Waals surface area contributed by atoms with Crippen molar-refractivity contribution in [3.05, 3.63) is 116 Å². The van der Waals surface area contributed by atoms with Crippen LogP contribution < -0.4 is 9.56 Å². The Balaban J connectivity index is 1.45. The molecule has 0 aliphatic carbocycles. The van der Waals surface area contributed by atoms with Gasteiger partial charge in [-0.3, -0.25) is 0 Å². The largest absolute Gasteiger partial charge is 0.355 e. The Morgan fingerprint density at radius 3 is 2.50 bits per heavy atom. The highest BCUT2D eigenvalue weighted by Gasteiger charge is 2.30. The summed E-state index contributed by atoms with van der Waals surface area (Å²) in [5.41, 5.74) is 9.95. The molecule has 8 bridgehead atoms. The molecule has 36 heavy (non-hydrogen) atoms. The number of aryl methyl sites for hydroxylation is 1. The molecule has 174 valence electrons. The highest BCUT2D eigenvalue weighted by molar-refractivity contribution is 8.06. The van der Waals surface area contributed by atoms with Crippen LogP contribution in [0.1, 0.15) is 16.4 Å². The first-order valence-corrected chi connectivity index (χ1v) is 13.4. The van der Waals surface area contributed by atoms with Crippen molar-refractivity contribution >= 4 is 57.5 Å². The number of rotatable bonds is 1. The van der Waals surface area contributed by atoms with E-state index in [9.17, 15) is 0 Å². The monoisotopic (exact) mass is 506 g/mol. The van der Waals surface area contributed by atoms with Crippen LogP contribution >= 0.6 is 23.1 Å². The molecule has 0 unspecified atom stereocenters. The second-order valence-electron chi connectivity index (χ2n) is 8.84. The number of nitrogens with one attached hydrogen (secondary N) is 2. The van der Waals surface area contributed by atoms with Crippen LogP contribution in [-0.4, -0.2) is 34.1 Å². The fourth-order valence-corrected chi connectivity index (χ4v) is 6.53. The maximum atomic E-state index is 5.01. The van der Waals surface area contributed by atoms with E-state index in [0.29, 0.717) is 0 Å². The minimum atomic E-state index is 0.914. The maximum absolute atomic E-state index is 5.01. The fraction of sp³-hybridized carbons (Fsp3) is 0.0714. The van der Waals surface area contributed by atoms with Gasteiger partial charge in [0.2, 0.25) is 11.4 Å². The predicted octanol–water partition coefficient (Wildman–Crippen LogP) is 3.48. The molecule has 0 spiro atoms. The summed E-state index contributed by atoms with van der Waals surface area (Å²) in [7, 11) is 4.14. The molecule has 5 aliphatic rings. The summed E-state index contributed by atoms with van der Waals surface area (Å²) in [5, 5.41) is 6.50. The SMILES string of the molecule is CN1C=CS/C1=C1/C2=NC(=CC3=[NH+]C(=C(c4scc[n+]4C)C4=NC(=Cc5ccc1[nH]5)C=C4)C=C3)C=C2. The number of aromatic nitrogens is 2. The summed E-state index contributed by atoms with van der Waals surface area (Å²) in [5.74, 6) is 0. The summed E-state index contributed by atoms with van der Waals surface area (Å²) in [4.78, 5) is 19.4. The Hall–Kier alpha value is -4.01. The van der Waals surface area contributed by atoms with Crippen LogP contribution in [0.25, 0.3) is 17.2 Å². The van der Waals surface area contributed by atoms with Gasteiger partial charge in [0.1, 0.15) is 7.05 Å². The van der Waals surface area contributed by atoms with Crippen molar-refractivity contribution in [2.45, 2.75) is 0 Å². The normalized spacial score (nSPS) is 21.9. The number of allylic oxidation sites excluding steroid dienone is 9. The third-order valence-corrected chi connectivity index (χ3v) is 8.34. The number of thiazole rings is 1. The van der Waals surface area contributed by atoms with Crippen LogP contribution in [0.5, 0.6) is 0 Å². The number of thioether (sulfide) groups is 1. The third kappa shape index (κ3) is 3.57. The minimum Gasteiger partial charge on any atom is -0.355 e. The molecule has 8 heteroatoms. The summed E-state index contributed by atoms with van der Waals surface area (Å²) in [6, 6.07) is 4.23. The van der Waals surface area contributed by atoms with Crippen molar-refractivity contribution in [2.75, 3.05) is 7.05 Å². The number of H-pyrrole nitrogens is 1. The van der Waals surface area contributed by atoms with Crippen LogP contribution in [0.2, 0.25) is 0 Å². The van der Waals surface area contributed by atoms with E-state index in [0.717, 1.165) is 66.8 Å². The van der Waals surface area contributed by atoms with Gasteiger partial charge in [0.25, 0.3) is 5.01 Å². The molecular weight excluding hydrogens is 484 g/mol. The summed E-state index contributed by atoms with van der Waals surface area (Å²) >= 11 is 3.42. The van der Waals surface area contributed by atoms with Gasteiger partial charge in [0, 0.05) is 37.2 Å². The zero-order valence-electron chi connectivity index (χ0n) is 19.7. The first kappa shape index (κ1) is 21.3. The summed E-state index contributed by atoms with van der Waals surface area (Å²) in [6.07, 6.45) is 20.9. The first-order valence-electron chi connectivity index (χ1n) is 11.6. The van der Waals surface area contributed by atoms with Gasteiger partial charge in [-0.2, -0.15) is 4.57 Å². The molecule has 2 aromatic heterocycles. The van der Waals surface area contributed by atoms with Gasteiger partial charge in [0.15, 0.2) is 11.8 Å². The Morgan fingerprint density at radius 2 is 1.75 bits per heavy atom. The first-order chi connectivity index (χ1) is 17.6. The van der Waals surface area contributed by atoms with Crippen molar-refractivity contribution in [1.82, 2.24) is 9.88 Å². The summed E-state index contributed by atoms with van der Waals surface area (Å²) in [6.45, 7) is 0. The van der Waals surface area contributed by atoms with Gasteiger partial charge in [0.05, 0.1) is 44.5 Å². The molecule has 7 heterocycles. The van der Waals surface area contributed by atoms with Gasteiger partial charge >= 0.3 is 0 Å². The Bertz CT molecular complexity index is 1670. The number of aromatic amines is 1. The quantitative estimate of drug-likeness (QED) is 0.582. The number of hydrogen-bond donors (Lipinski definition) is 2. The average Bonchev–Trinajstić information content (AvgIpc) is 3.68. The van der Waals surface area contributed by atoms with Gasteiger partial charge in [-0.15, -0.1) is 0 Å². The molecule has 6 nitrogen and oxygen atoms in total. The van der Waals surface area contributed by atoms with Gasteiger partial charge < -0.3 is 9.88 Å². The second-order valence-corrected chi connectivity index (χ2v) is 10.6. The van der Waals surface area contributed by atoms with E-state index in [2.05, 4.69) is 117 Å². The second kappa shape index (κ2) is 8.29. The summed E-state index contributed by atoms with van der Waals surface area (Å²) < 4.78 is 2.14. The lowest BCUT2D eigenvalue weighted by molar-refractivity contribution is -0.668. The molecule has 7 rings (SSSR count). The van der Waals surface area contributed by atoms with Crippen molar-refractivity contribution in [2.24, 2.45) is 17.0 Å². The average molecular weight is 507 g/mol. The van der Waals surface area contributed by atoms with Gasteiger partial charge in [-0.05, 0) is 47.9 Å². The lowest BCUT2D eigenvalue weighted by atomic mass is 10.1. The van der Waals surface area contributed by atoms with Gasteiger partial charge in [-0.1, -0.05) is 23.1 Å². The van der Waals surface area contributed by atoms with E-state index >= 15 is 0 Å². The van der Waals surface area contributed by atoms with Gasteiger partial charge in [-0.25, -0.2) is 15.0 Å². The van der Waals surface area contributed by atoms with E-state index in [1.54, 1.807) is 23.1 Å². The molecule has 0 fully saturated rings. The molecule has 0 saturated heterocycles. The third-order valence-electron chi connectivity index (χ3n) is 6.39. The van der Waals surface area contributed by atoms with Crippen molar-refractivity contribution < 1.29 is 9.56 Å². The van der Waals surface area contributed by atoms with E-state index in [4.69, 9.17) is 9.98 Å². The number of aliphatic imine (C=N–C) groups is 2. The van der Waals surface area contributed by atoms with Crippen LogP contribution in [0, 0.1) is 0 Å². The molecule has 0 amide bonds. The molecule has 5 aliphatic heterocycles. The highest BCUT2D eigenvalue weighted by atomic mass is 32.2. The number of hydrogen-bond acceptors (Lipinski definition) is 5. The lowest BCUT2D eigenvalue weighted by Gasteiger charge is -2.16. The van der Waals surface area contributed by atoms with Crippen molar-refractivity contribution in [3.63, 3.8) is 0 Å². The lowest BCUT2D eigenvalue weighted by Crippen LogP contribution is -2.68.